The molecule has 0 aliphatic carbocycles. The molecule has 0 fully saturated rings. The predicted molar refractivity (Wildman–Crippen MR) is 63.4 cm³/mol. The molecule has 0 radical (unpaired) electrons. The largest absolute Gasteiger partial charge is 0.454 e. The van der Waals surface area contributed by atoms with Gasteiger partial charge in [-0.3, -0.25) is 4.79 Å². The zero-order valence-electron chi connectivity index (χ0n) is 9.34. The van der Waals surface area contributed by atoms with Gasteiger partial charge >= 0.3 is 5.97 Å². The number of nitrogens with one attached hydrogen (secondary N) is 1. The molecule has 6 nitrogen and oxygen atoms in total. The monoisotopic (exact) mass is 252 g/mol. The number of aromatic nitrogens is 4. The maximum absolute atomic E-state index is 11.2. The molecule has 17 heavy (non-hydrogen) atoms. The zero-order chi connectivity index (χ0) is 12.1. The lowest BCUT2D eigenvalue weighted by Gasteiger charge is -2.03. The van der Waals surface area contributed by atoms with Gasteiger partial charge in [0.25, 0.3) is 0 Å². The number of imidazole rings is 1. The number of ether oxygens (including phenoxy) is 1. The van der Waals surface area contributed by atoms with Crippen molar-refractivity contribution in [3.8, 4) is 0 Å². The summed E-state index contributed by atoms with van der Waals surface area (Å²) < 4.78 is 5.04. The molecule has 0 aromatic carbocycles. The van der Waals surface area contributed by atoms with E-state index in [-0.39, 0.29) is 11.9 Å². The van der Waals surface area contributed by atoms with Crippen LogP contribution in [-0.2, 0) is 9.53 Å². The van der Waals surface area contributed by atoms with Crippen LogP contribution in [0.15, 0.2) is 17.7 Å². The molecule has 2 aromatic rings. The molecule has 0 amide bonds. The zero-order valence-corrected chi connectivity index (χ0v) is 10.2. The van der Waals surface area contributed by atoms with Crippen molar-refractivity contribution in [2.24, 2.45) is 0 Å². The van der Waals surface area contributed by atoms with Crippen LogP contribution in [0.25, 0.3) is 11.2 Å². The number of hydrogen-bond donors (Lipinski definition) is 1. The standard InChI is InChI=1S/C10H12N4O2S/c1-2-3-7(15)16-6-17-10-8-9(12-4-11-8)13-5-14-10/h4-5H,2-3,6H2,1H3,(H,11,12,13,14). The highest BCUT2D eigenvalue weighted by molar-refractivity contribution is 7.99. The number of H-pyrrole nitrogens is 1. The number of fused-ring (bicyclic) bond motifs is 1. The molecule has 90 valence electrons. The number of rotatable bonds is 5. The summed E-state index contributed by atoms with van der Waals surface area (Å²) in [5, 5.41) is 0.733. The molecule has 2 rings (SSSR count). The average Bonchev–Trinajstić information content (AvgIpc) is 2.78. The first kappa shape index (κ1) is 11.8. The van der Waals surface area contributed by atoms with Crippen molar-refractivity contribution in [3.05, 3.63) is 12.7 Å². The minimum atomic E-state index is -0.185. The van der Waals surface area contributed by atoms with Gasteiger partial charge in [-0.05, 0) is 6.42 Å². The van der Waals surface area contributed by atoms with Gasteiger partial charge in [0.2, 0.25) is 0 Å². The van der Waals surface area contributed by atoms with Crippen LogP contribution < -0.4 is 0 Å². The fourth-order valence-corrected chi connectivity index (χ4v) is 2.00. The molecule has 2 heterocycles. The van der Waals surface area contributed by atoms with Crippen molar-refractivity contribution in [3.63, 3.8) is 0 Å². The van der Waals surface area contributed by atoms with Gasteiger partial charge in [-0.2, -0.15) is 0 Å². The van der Waals surface area contributed by atoms with Gasteiger partial charge < -0.3 is 9.72 Å². The molecule has 0 aliphatic heterocycles. The Morgan fingerprint density at radius 2 is 2.35 bits per heavy atom. The topological polar surface area (TPSA) is 80.8 Å². The Morgan fingerprint density at radius 1 is 1.47 bits per heavy atom. The van der Waals surface area contributed by atoms with Gasteiger partial charge in [0, 0.05) is 6.42 Å². The van der Waals surface area contributed by atoms with E-state index in [4.69, 9.17) is 4.74 Å². The third kappa shape index (κ3) is 2.94. The maximum Gasteiger partial charge on any atom is 0.306 e. The van der Waals surface area contributed by atoms with Crippen LogP contribution in [0.3, 0.4) is 0 Å². The molecule has 0 aliphatic rings. The van der Waals surface area contributed by atoms with Crippen LogP contribution in [-0.4, -0.2) is 31.8 Å². The van der Waals surface area contributed by atoms with E-state index < -0.39 is 0 Å². The molecular formula is C10H12N4O2S. The van der Waals surface area contributed by atoms with Gasteiger partial charge in [0.05, 0.1) is 6.33 Å². The van der Waals surface area contributed by atoms with Crippen molar-refractivity contribution in [1.82, 2.24) is 19.9 Å². The summed E-state index contributed by atoms with van der Waals surface area (Å²) in [5.41, 5.74) is 1.38. The molecule has 0 saturated carbocycles. The van der Waals surface area contributed by atoms with E-state index >= 15 is 0 Å². The number of nitrogens with zero attached hydrogens (tertiary/aromatic N) is 3. The summed E-state index contributed by atoms with van der Waals surface area (Å²) in [6.07, 6.45) is 4.25. The molecule has 0 unspecified atom stereocenters. The fourth-order valence-electron chi connectivity index (χ4n) is 1.28. The minimum Gasteiger partial charge on any atom is -0.454 e. The van der Waals surface area contributed by atoms with E-state index in [0.717, 1.165) is 17.0 Å². The number of hydrogen-bond acceptors (Lipinski definition) is 6. The minimum absolute atomic E-state index is 0.185. The van der Waals surface area contributed by atoms with E-state index in [1.165, 1.54) is 18.1 Å². The number of carbonyl (C=O) groups excluding carboxylic acids is 1. The summed E-state index contributed by atoms with van der Waals surface area (Å²) in [6, 6.07) is 0. The van der Waals surface area contributed by atoms with Crippen LogP contribution in [0.5, 0.6) is 0 Å². The van der Waals surface area contributed by atoms with Crippen LogP contribution >= 0.6 is 11.8 Å². The van der Waals surface area contributed by atoms with Crippen molar-refractivity contribution in [2.75, 3.05) is 5.94 Å². The Bertz CT molecular complexity index is 514. The first-order chi connectivity index (χ1) is 8.31. The highest BCUT2D eigenvalue weighted by atomic mass is 32.2. The summed E-state index contributed by atoms with van der Waals surface area (Å²) in [5.74, 6) is 0.0687. The van der Waals surface area contributed by atoms with Crippen molar-refractivity contribution in [2.45, 2.75) is 24.8 Å². The summed E-state index contributed by atoms with van der Waals surface area (Å²) >= 11 is 1.34. The lowest BCUT2D eigenvalue weighted by atomic mass is 10.3. The molecule has 0 bridgehead atoms. The third-order valence-electron chi connectivity index (χ3n) is 2.06. The summed E-state index contributed by atoms with van der Waals surface area (Å²) in [4.78, 5) is 26.2. The van der Waals surface area contributed by atoms with Crippen molar-refractivity contribution >= 4 is 28.9 Å². The highest BCUT2D eigenvalue weighted by Gasteiger charge is 2.07. The Kier molecular flexibility index (Phi) is 3.92. The molecule has 7 heteroatoms. The molecule has 2 aromatic heterocycles. The van der Waals surface area contributed by atoms with Gasteiger partial charge in [0.1, 0.15) is 22.8 Å². The van der Waals surface area contributed by atoms with Crippen LogP contribution in [0, 0.1) is 0 Å². The molecule has 1 N–H and O–H groups in total. The number of aromatic amines is 1. The van der Waals surface area contributed by atoms with E-state index in [1.807, 2.05) is 6.92 Å². The van der Waals surface area contributed by atoms with Gasteiger partial charge in [0.15, 0.2) is 5.65 Å². The molecule has 0 spiro atoms. The molecule has 0 saturated heterocycles. The van der Waals surface area contributed by atoms with E-state index in [0.29, 0.717) is 12.1 Å². The number of carbonyl (C=O) groups is 1. The Labute approximate surface area is 102 Å². The maximum atomic E-state index is 11.2. The van der Waals surface area contributed by atoms with Gasteiger partial charge in [-0.25, -0.2) is 15.0 Å². The first-order valence-electron chi connectivity index (χ1n) is 5.23. The van der Waals surface area contributed by atoms with Crippen molar-refractivity contribution in [1.29, 1.82) is 0 Å². The van der Waals surface area contributed by atoms with E-state index in [9.17, 15) is 4.79 Å². The smallest absolute Gasteiger partial charge is 0.306 e. The second-order valence-corrected chi connectivity index (χ2v) is 4.22. The second kappa shape index (κ2) is 5.62. The summed E-state index contributed by atoms with van der Waals surface area (Å²) in [7, 11) is 0. The molecular weight excluding hydrogens is 240 g/mol. The summed E-state index contributed by atoms with van der Waals surface area (Å²) in [6.45, 7) is 1.94. The Hall–Kier alpha value is -1.63. The lowest BCUT2D eigenvalue weighted by molar-refractivity contribution is -0.141. The van der Waals surface area contributed by atoms with Crippen LogP contribution in [0.1, 0.15) is 19.8 Å². The van der Waals surface area contributed by atoms with Crippen molar-refractivity contribution < 1.29 is 9.53 Å². The van der Waals surface area contributed by atoms with E-state index in [1.54, 1.807) is 6.33 Å². The number of esters is 1. The average molecular weight is 252 g/mol. The Balaban J connectivity index is 1.95. The highest BCUT2D eigenvalue weighted by Crippen LogP contribution is 2.21. The first-order valence-corrected chi connectivity index (χ1v) is 6.22. The third-order valence-corrected chi connectivity index (χ3v) is 2.88. The van der Waals surface area contributed by atoms with Gasteiger partial charge in [-0.1, -0.05) is 18.7 Å². The molecule has 0 atom stereocenters. The van der Waals surface area contributed by atoms with Gasteiger partial charge in [-0.15, -0.1) is 0 Å². The van der Waals surface area contributed by atoms with Crippen LogP contribution in [0.2, 0.25) is 0 Å². The van der Waals surface area contributed by atoms with Crippen LogP contribution in [0.4, 0.5) is 0 Å². The predicted octanol–water partition coefficient (Wildman–Crippen LogP) is 1.75. The lowest BCUT2D eigenvalue weighted by Crippen LogP contribution is -2.03. The quantitative estimate of drug-likeness (QED) is 0.378. The SMILES string of the molecule is CCCC(=O)OCSc1ncnc2nc[nH]c12. The number of thioether (sulfide) groups is 1. The van der Waals surface area contributed by atoms with E-state index in [2.05, 4.69) is 19.9 Å². The normalized spacial score (nSPS) is 10.6. The fraction of sp³-hybridized carbons (Fsp3) is 0.400. The Morgan fingerprint density at radius 3 is 3.18 bits per heavy atom. The second-order valence-electron chi connectivity index (χ2n) is 3.31.